The number of fused-ring (bicyclic) bond motifs is 1. The summed E-state index contributed by atoms with van der Waals surface area (Å²) in [5.41, 5.74) is 1.79. The van der Waals surface area contributed by atoms with Gasteiger partial charge in [0.1, 0.15) is 12.4 Å². The average Bonchev–Trinajstić information content (AvgIpc) is 3.36. The third-order valence-electron chi connectivity index (χ3n) is 4.59. The summed E-state index contributed by atoms with van der Waals surface area (Å²) in [6, 6.07) is 5.79. The lowest BCUT2D eigenvalue weighted by atomic mass is 10.0. The van der Waals surface area contributed by atoms with Crippen LogP contribution in [0.25, 0.3) is 10.9 Å². The molecule has 1 aliphatic carbocycles. The molecule has 1 heterocycles. The first-order valence-electron chi connectivity index (χ1n) is 8.55. The van der Waals surface area contributed by atoms with Crippen molar-refractivity contribution < 1.29 is 14.6 Å². The highest BCUT2D eigenvalue weighted by atomic mass is 16.5. The molecular formula is C19H24N2O4. The fourth-order valence-electron chi connectivity index (χ4n) is 3.15. The molecule has 1 N–H and O–H groups in total. The molecule has 0 bridgehead atoms. The zero-order chi connectivity index (χ0) is 18.1. The highest BCUT2D eigenvalue weighted by Crippen LogP contribution is 2.39. The van der Waals surface area contributed by atoms with Crippen LogP contribution in [0.2, 0.25) is 0 Å². The van der Waals surface area contributed by atoms with Crippen molar-refractivity contribution in [2.45, 2.75) is 32.2 Å². The molecule has 134 valence electrons. The lowest BCUT2D eigenvalue weighted by molar-refractivity contribution is -0.136. The van der Waals surface area contributed by atoms with E-state index in [1.54, 1.807) is 12.1 Å². The van der Waals surface area contributed by atoms with Crippen LogP contribution in [0.5, 0.6) is 5.75 Å². The molecule has 1 fully saturated rings. The van der Waals surface area contributed by atoms with Gasteiger partial charge in [-0.2, -0.15) is 0 Å². The van der Waals surface area contributed by atoms with Crippen molar-refractivity contribution in [3.8, 4) is 5.75 Å². The average molecular weight is 344 g/mol. The van der Waals surface area contributed by atoms with Crippen LogP contribution in [-0.2, 0) is 11.2 Å². The van der Waals surface area contributed by atoms with Crippen molar-refractivity contribution in [2.75, 3.05) is 27.2 Å². The molecule has 0 radical (unpaired) electrons. The largest absolute Gasteiger partial charge is 0.492 e. The van der Waals surface area contributed by atoms with E-state index in [1.807, 2.05) is 32.0 Å². The Balaban J connectivity index is 2.08. The molecule has 1 aromatic heterocycles. The zero-order valence-corrected chi connectivity index (χ0v) is 14.9. The Morgan fingerprint density at radius 2 is 2.08 bits per heavy atom. The number of carbonyl (C=O) groups is 1. The molecule has 3 rings (SSSR count). The Morgan fingerprint density at radius 1 is 1.36 bits per heavy atom. The second-order valence-electron chi connectivity index (χ2n) is 6.90. The number of carboxylic acids is 1. The van der Waals surface area contributed by atoms with E-state index in [4.69, 9.17) is 9.84 Å². The first-order valence-corrected chi connectivity index (χ1v) is 8.55. The first-order chi connectivity index (χ1) is 11.9. The molecule has 0 spiro atoms. The van der Waals surface area contributed by atoms with E-state index in [9.17, 15) is 9.59 Å². The molecule has 1 saturated carbocycles. The molecule has 0 saturated heterocycles. The van der Waals surface area contributed by atoms with E-state index < -0.39 is 5.97 Å². The van der Waals surface area contributed by atoms with Gasteiger partial charge in [0.15, 0.2) is 5.43 Å². The molecule has 1 aliphatic rings. The summed E-state index contributed by atoms with van der Waals surface area (Å²) in [6.07, 6.45) is 1.86. The zero-order valence-electron chi connectivity index (χ0n) is 14.9. The number of pyridine rings is 1. The van der Waals surface area contributed by atoms with Crippen molar-refractivity contribution in [3.05, 3.63) is 39.7 Å². The van der Waals surface area contributed by atoms with E-state index >= 15 is 0 Å². The molecule has 2 aromatic rings. The third kappa shape index (κ3) is 3.69. The summed E-state index contributed by atoms with van der Waals surface area (Å²) >= 11 is 0. The van der Waals surface area contributed by atoms with Crippen LogP contribution < -0.4 is 10.2 Å². The van der Waals surface area contributed by atoms with Crippen molar-refractivity contribution in [1.82, 2.24) is 9.47 Å². The SMILES string of the molecule is Cc1c(CC(=O)O)c(=O)c2ccc(OCCN(C)C)cc2n1C1CC1. The first kappa shape index (κ1) is 17.5. The smallest absolute Gasteiger partial charge is 0.308 e. The van der Waals surface area contributed by atoms with Gasteiger partial charge in [-0.1, -0.05) is 0 Å². The molecule has 0 unspecified atom stereocenters. The Kier molecular flexibility index (Phi) is 4.81. The second kappa shape index (κ2) is 6.88. The Bertz CT molecular complexity index is 866. The Morgan fingerprint density at radius 3 is 2.68 bits per heavy atom. The van der Waals surface area contributed by atoms with Gasteiger partial charge in [0, 0.05) is 35.3 Å². The predicted molar refractivity (Wildman–Crippen MR) is 96.6 cm³/mol. The number of aliphatic carboxylic acids is 1. The van der Waals surface area contributed by atoms with E-state index in [-0.39, 0.29) is 11.8 Å². The van der Waals surface area contributed by atoms with Crippen LogP contribution in [0, 0.1) is 6.92 Å². The van der Waals surface area contributed by atoms with Crippen molar-refractivity contribution in [1.29, 1.82) is 0 Å². The van der Waals surface area contributed by atoms with Gasteiger partial charge in [-0.3, -0.25) is 9.59 Å². The van der Waals surface area contributed by atoms with Gasteiger partial charge in [-0.15, -0.1) is 0 Å². The van der Waals surface area contributed by atoms with Crippen LogP contribution in [-0.4, -0.2) is 47.8 Å². The van der Waals surface area contributed by atoms with E-state index in [1.165, 1.54) is 0 Å². The lowest BCUT2D eigenvalue weighted by Gasteiger charge is -2.18. The Labute approximate surface area is 146 Å². The van der Waals surface area contributed by atoms with Crippen LogP contribution in [0.15, 0.2) is 23.0 Å². The maximum absolute atomic E-state index is 12.8. The van der Waals surface area contributed by atoms with E-state index in [0.717, 1.165) is 36.3 Å². The quantitative estimate of drug-likeness (QED) is 0.834. The van der Waals surface area contributed by atoms with Gasteiger partial charge in [-0.25, -0.2) is 0 Å². The maximum Gasteiger partial charge on any atom is 0.308 e. The number of carboxylic acid groups (broad SMARTS) is 1. The third-order valence-corrected chi connectivity index (χ3v) is 4.59. The van der Waals surface area contributed by atoms with Gasteiger partial charge < -0.3 is 19.3 Å². The summed E-state index contributed by atoms with van der Waals surface area (Å²) in [6.45, 7) is 3.23. The number of benzene rings is 1. The van der Waals surface area contributed by atoms with E-state index in [2.05, 4.69) is 4.57 Å². The molecule has 6 heteroatoms. The summed E-state index contributed by atoms with van der Waals surface area (Å²) in [5.74, 6) is -0.251. The van der Waals surface area contributed by atoms with Crippen LogP contribution in [0.3, 0.4) is 0 Å². The minimum Gasteiger partial charge on any atom is -0.492 e. The van der Waals surface area contributed by atoms with Crippen LogP contribution in [0.4, 0.5) is 0 Å². The topological polar surface area (TPSA) is 71.8 Å². The van der Waals surface area contributed by atoms with Gasteiger partial charge in [0.05, 0.1) is 11.9 Å². The van der Waals surface area contributed by atoms with Crippen LogP contribution >= 0.6 is 0 Å². The summed E-state index contributed by atoms with van der Waals surface area (Å²) in [5, 5.41) is 9.71. The number of hydrogen-bond donors (Lipinski definition) is 1. The molecule has 25 heavy (non-hydrogen) atoms. The molecule has 6 nitrogen and oxygen atoms in total. The number of likely N-dealkylation sites (N-methyl/N-ethyl adjacent to an activating group) is 1. The highest BCUT2D eigenvalue weighted by Gasteiger charge is 2.28. The second-order valence-corrected chi connectivity index (χ2v) is 6.90. The lowest BCUT2D eigenvalue weighted by Crippen LogP contribution is -2.21. The van der Waals surface area contributed by atoms with Gasteiger partial charge >= 0.3 is 5.97 Å². The summed E-state index contributed by atoms with van der Waals surface area (Å²) < 4.78 is 7.92. The molecule has 1 aromatic carbocycles. The van der Waals surface area contributed by atoms with Gasteiger partial charge in [0.25, 0.3) is 0 Å². The maximum atomic E-state index is 12.8. The number of aromatic nitrogens is 1. The predicted octanol–water partition coefficient (Wildman–Crippen LogP) is 2.21. The molecule has 0 amide bonds. The standard InChI is InChI=1S/C19H24N2O4/c1-12-16(11-18(22)23)19(24)15-7-6-14(25-9-8-20(2)3)10-17(15)21(12)13-4-5-13/h6-7,10,13H,4-5,8-9,11H2,1-3H3,(H,22,23). The van der Waals surface area contributed by atoms with Crippen molar-refractivity contribution in [2.24, 2.45) is 0 Å². The number of rotatable bonds is 7. The number of ether oxygens (including phenoxy) is 1. The fourth-order valence-corrected chi connectivity index (χ4v) is 3.15. The van der Waals surface area contributed by atoms with Crippen molar-refractivity contribution >= 4 is 16.9 Å². The highest BCUT2D eigenvalue weighted by molar-refractivity contribution is 5.83. The number of nitrogens with zero attached hydrogens (tertiary/aromatic N) is 2. The van der Waals surface area contributed by atoms with Gasteiger partial charge in [-0.05, 0) is 46.0 Å². The Hall–Kier alpha value is -2.34. The van der Waals surface area contributed by atoms with Gasteiger partial charge in [0.2, 0.25) is 0 Å². The minimum absolute atomic E-state index is 0.188. The summed E-state index contributed by atoms with van der Waals surface area (Å²) in [7, 11) is 3.98. The van der Waals surface area contributed by atoms with Crippen molar-refractivity contribution in [3.63, 3.8) is 0 Å². The summed E-state index contributed by atoms with van der Waals surface area (Å²) in [4.78, 5) is 26.0. The monoisotopic (exact) mass is 344 g/mol. The molecule has 0 atom stereocenters. The normalized spacial score (nSPS) is 14.2. The minimum atomic E-state index is -0.981. The van der Waals surface area contributed by atoms with Crippen LogP contribution in [0.1, 0.15) is 30.1 Å². The molecular weight excluding hydrogens is 320 g/mol. The number of hydrogen-bond acceptors (Lipinski definition) is 4. The van der Waals surface area contributed by atoms with E-state index in [0.29, 0.717) is 23.6 Å². The molecule has 0 aliphatic heterocycles. The fraction of sp³-hybridized carbons (Fsp3) is 0.474.